The van der Waals surface area contributed by atoms with Crippen LogP contribution in [0.4, 0.5) is 0 Å². The van der Waals surface area contributed by atoms with Gasteiger partial charge in [-0.1, -0.05) is 74.7 Å². The maximum Gasteiger partial charge on any atom is 0.137 e. The summed E-state index contributed by atoms with van der Waals surface area (Å²) in [6, 6.07) is 19.4. The highest BCUT2D eigenvalue weighted by Crippen LogP contribution is 2.47. The Morgan fingerprint density at radius 1 is 0.933 bits per heavy atom. The highest BCUT2D eigenvalue weighted by molar-refractivity contribution is 5.44. The molecule has 4 rings (SSSR count). The topological polar surface area (TPSA) is 13.0 Å². The molecule has 0 aliphatic carbocycles. The van der Waals surface area contributed by atoms with Crippen LogP contribution < -0.4 is 0 Å². The molecular weight excluding hydrogens is 368 g/mol. The molecule has 0 spiro atoms. The van der Waals surface area contributed by atoms with E-state index in [2.05, 4.69) is 115 Å². The maximum absolute atomic E-state index is 4.53. The van der Waals surface area contributed by atoms with E-state index in [-0.39, 0.29) is 6.17 Å². The minimum absolute atomic E-state index is 0.102. The Hall–Kier alpha value is -3.14. The predicted molar refractivity (Wildman–Crippen MR) is 124 cm³/mol. The lowest BCUT2D eigenvalue weighted by Crippen LogP contribution is -2.40. The van der Waals surface area contributed by atoms with Crippen molar-refractivity contribution in [3.63, 3.8) is 0 Å². The summed E-state index contributed by atoms with van der Waals surface area (Å²) in [7, 11) is 4.30. The smallest absolute Gasteiger partial charge is 0.137 e. The van der Waals surface area contributed by atoms with Crippen LogP contribution in [0.1, 0.15) is 36.2 Å². The molecule has 0 amide bonds. The number of hydrogen-bond acceptors (Lipinski definition) is 4. The minimum atomic E-state index is 0.102. The van der Waals surface area contributed by atoms with Gasteiger partial charge in [0.1, 0.15) is 23.5 Å². The normalized spacial score (nSPS) is 19.1. The number of aryl methyl sites for hydroxylation is 1. The second-order valence-electron chi connectivity index (χ2n) is 8.20. The maximum atomic E-state index is 4.53. The SMILES string of the molecule is C=C1C2=C(N(C)C(=C)N1CCC)N(C)C(c1ccccc1C)N2Cc1ccccc1. The molecule has 2 aromatic rings. The van der Waals surface area contributed by atoms with Gasteiger partial charge >= 0.3 is 0 Å². The molecule has 2 aliphatic rings. The van der Waals surface area contributed by atoms with Crippen molar-refractivity contribution in [3.05, 3.63) is 107 Å². The summed E-state index contributed by atoms with van der Waals surface area (Å²) in [5, 5.41) is 0. The van der Waals surface area contributed by atoms with E-state index in [4.69, 9.17) is 0 Å². The van der Waals surface area contributed by atoms with Gasteiger partial charge in [-0.25, -0.2) is 0 Å². The molecule has 0 radical (unpaired) electrons. The van der Waals surface area contributed by atoms with Gasteiger partial charge < -0.3 is 19.6 Å². The quantitative estimate of drug-likeness (QED) is 0.679. The molecule has 30 heavy (non-hydrogen) atoms. The third-order valence-corrected chi connectivity index (χ3v) is 6.22. The molecule has 4 nitrogen and oxygen atoms in total. The van der Waals surface area contributed by atoms with E-state index in [0.717, 1.165) is 31.0 Å². The summed E-state index contributed by atoms with van der Waals surface area (Å²) < 4.78 is 0. The van der Waals surface area contributed by atoms with Crippen LogP contribution in [0.15, 0.2) is 90.8 Å². The Morgan fingerprint density at radius 2 is 1.60 bits per heavy atom. The van der Waals surface area contributed by atoms with E-state index in [1.54, 1.807) is 0 Å². The largest absolute Gasteiger partial charge is 0.338 e. The fraction of sp³-hybridized carbons (Fsp3) is 0.308. The average Bonchev–Trinajstić information content (AvgIpc) is 3.03. The summed E-state index contributed by atoms with van der Waals surface area (Å²) in [4.78, 5) is 9.35. The highest BCUT2D eigenvalue weighted by atomic mass is 15.5. The fourth-order valence-electron chi connectivity index (χ4n) is 4.71. The average molecular weight is 401 g/mol. The lowest BCUT2D eigenvalue weighted by molar-refractivity contribution is 0.145. The van der Waals surface area contributed by atoms with Gasteiger partial charge in [-0.15, -0.1) is 0 Å². The molecule has 0 fully saturated rings. The van der Waals surface area contributed by atoms with Crippen LogP contribution in [-0.4, -0.2) is 40.2 Å². The lowest BCUT2D eigenvalue weighted by Gasteiger charge is -2.41. The van der Waals surface area contributed by atoms with Crippen molar-refractivity contribution in [3.8, 4) is 0 Å². The summed E-state index contributed by atoms with van der Waals surface area (Å²) >= 11 is 0. The van der Waals surface area contributed by atoms with E-state index in [0.29, 0.717) is 0 Å². The summed E-state index contributed by atoms with van der Waals surface area (Å²) in [5.41, 5.74) is 6.14. The first kappa shape index (κ1) is 20.1. The zero-order valence-corrected chi connectivity index (χ0v) is 18.6. The summed E-state index contributed by atoms with van der Waals surface area (Å²) in [5.74, 6) is 2.15. The van der Waals surface area contributed by atoms with E-state index >= 15 is 0 Å². The zero-order chi connectivity index (χ0) is 21.4. The highest BCUT2D eigenvalue weighted by Gasteiger charge is 2.44. The molecule has 4 heteroatoms. The van der Waals surface area contributed by atoms with Crippen LogP contribution in [-0.2, 0) is 6.54 Å². The number of rotatable bonds is 5. The molecule has 2 aliphatic heterocycles. The molecule has 0 N–H and O–H groups in total. The third kappa shape index (κ3) is 3.17. The minimum Gasteiger partial charge on any atom is -0.338 e. The zero-order valence-electron chi connectivity index (χ0n) is 18.6. The van der Waals surface area contributed by atoms with E-state index in [9.17, 15) is 0 Å². The predicted octanol–water partition coefficient (Wildman–Crippen LogP) is 5.25. The van der Waals surface area contributed by atoms with Gasteiger partial charge in [0.05, 0.1) is 5.70 Å². The van der Waals surface area contributed by atoms with Crippen molar-refractivity contribution >= 4 is 0 Å². The Kier molecular flexibility index (Phi) is 5.33. The standard InChI is InChI=1S/C26H32N4/c1-7-17-29-20(3)24-26(27(5)21(29)4)28(6)25(23-16-12-11-13-19(23)2)30(24)18-22-14-9-8-10-15-22/h8-16,25H,3-4,7,17-18H2,1-2,5-6H3. The summed E-state index contributed by atoms with van der Waals surface area (Å²) in [6.07, 6.45) is 1.15. The van der Waals surface area contributed by atoms with E-state index in [1.165, 1.54) is 28.2 Å². The second kappa shape index (κ2) is 7.94. The Labute approximate surface area is 181 Å². The van der Waals surface area contributed by atoms with Gasteiger partial charge in [0.2, 0.25) is 0 Å². The van der Waals surface area contributed by atoms with E-state index in [1.807, 2.05) is 0 Å². The van der Waals surface area contributed by atoms with Gasteiger partial charge in [0, 0.05) is 27.2 Å². The second-order valence-corrected chi connectivity index (χ2v) is 8.20. The third-order valence-electron chi connectivity index (χ3n) is 6.22. The van der Waals surface area contributed by atoms with Crippen molar-refractivity contribution in [2.24, 2.45) is 0 Å². The van der Waals surface area contributed by atoms with Gasteiger partial charge in [-0.2, -0.15) is 0 Å². The first-order valence-corrected chi connectivity index (χ1v) is 10.7. The van der Waals surface area contributed by atoms with Crippen LogP contribution in [0.5, 0.6) is 0 Å². The van der Waals surface area contributed by atoms with Crippen LogP contribution in [0.2, 0.25) is 0 Å². The van der Waals surface area contributed by atoms with Crippen molar-refractivity contribution in [2.75, 3.05) is 20.6 Å². The Bertz CT molecular complexity index is 991. The molecule has 2 aromatic carbocycles. The van der Waals surface area contributed by atoms with Gasteiger partial charge in [-0.3, -0.25) is 0 Å². The van der Waals surface area contributed by atoms with Gasteiger partial charge in [0.25, 0.3) is 0 Å². The molecule has 1 unspecified atom stereocenters. The van der Waals surface area contributed by atoms with Crippen molar-refractivity contribution in [2.45, 2.75) is 33.0 Å². The molecule has 2 heterocycles. The molecule has 156 valence electrons. The fourth-order valence-corrected chi connectivity index (χ4v) is 4.71. The Balaban J connectivity index is 1.85. The van der Waals surface area contributed by atoms with Crippen LogP contribution in [0.25, 0.3) is 0 Å². The molecule has 0 saturated carbocycles. The van der Waals surface area contributed by atoms with Crippen LogP contribution in [0.3, 0.4) is 0 Å². The van der Waals surface area contributed by atoms with Gasteiger partial charge in [0.15, 0.2) is 0 Å². The molecule has 0 aromatic heterocycles. The monoisotopic (exact) mass is 400 g/mol. The molecule has 0 bridgehead atoms. The first-order chi connectivity index (χ1) is 14.5. The van der Waals surface area contributed by atoms with E-state index < -0.39 is 0 Å². The van der Waals surface area contributed by atoms with Crippen molar-refractivity contribution in [1.82, 2.24) is 19.6 Å². The van der Waals surface area contributed by atoms with Crippen LogP contribution in [0, 0.1) is 6.92 Å². The Morgan fingerprint density at radius 3 is 2.27 bits per heavy atom. The van der Waals surface area contributed by atoms with Crippen LogP contribution >= 0.6 is 0 Å². The number of hydrogen-bond donors (Lipinski definition) is 0. The lowest BCUT2D eigenvalue weighted by atomic mass is 10.0. The summed E-state index contributed by atoms with van der Waals surface area (Å²) in [6.45, 7) is 15.0. The van der Waals surface area contributed by atoms with Crippen molar-refractivity contribution in [1.29, 1.82) is 0 Å². The van der Waals surface area contributed by atoms with Gasteiger partial charge in [-0.05, 0) is 30.0 Å². The van der Waals surface area contributed by atoms with Crippen molar-refractivity contribution < 1.29 is 0 Å². The molecular formula is C26H32N4. The number of benzene rings is 2. The molecule has 0 saturated heterocycles. The number of nitrogens with zero attached hydrogens (tertiary/aromatic N) is 4. The first-order valence-electron chi connectivity index (χ1n) is 10.7. The molecule has 1 atom stereocenters.